The van der Waals surface area contributed by atoms with Crippen molar-refractivity contribution in [1.29, 1.82) is 0 Å². The van der Waals surface area contributed by atoms with Crippen LogP contribution in [0, 0.1) is 0 Å². The van der Waals surface area contributed by atoms with E-state index in [0.29, 0.717) is 22.8 Å². The predicted molar refractivity (Wildman–Crippen MR) is 93.9 cm³/mol. The van der Waals surface area contributed by atoms with Gasteiger partial charge in [-0.1, -0.05) is 0 Å². The first-order valence-electron chi connectivity index (χ1n) is 8.93. The van der Waals surface area contributed by atoms with Gasteiger partial charge in [-0.3, -0.25) is 9.59 Å². The van der Waals surface area contributed by atoms with E-state index in [2.05, 4.69) is 10.2 Å². The number of alkyl halides is 3. The molecule has 0 aromatic heterocycles. The van der Waals surface area contributed by atoms with Crippen LogP contribution >= 0.6 is 0 Å². The molecule has 2 amide bonds. The zero-order chi connectivity index (χ0) is 19.6. The number of methoxy groups -OCH3 is 1. The van der Waals surface area contributed by atoms with E-state index >= 15 is 0 Å². The summed E-state index contributed by atoms with van der Waals surface area (Å²) in [5.74, 6) is -2.20. The van der Waals surface area contributed by atoms with Crippen molar-refractivity contribution in [2.24, 2.45) is 0 Å². The number of anilines is 2. The summed E-state index contributed by atoms with van der Waals surface area (Å²) in [6.07, 6.45) is -2.27. The third-order valence-corrected chi connectivity index (χ3v) is 4.97. The second-order valence-corrected chi connectivity index (χ2v) is 6.72. The van der Waals surface area contributed by atoms with E-state index in [1.165, 1.54) is 7.11 Å². The van der Waals surface area contributed by atoms with Gasteiger partial charge in [-0.2, -0.15) is 13.2 Å². The molecule has 2 aliphatic heterocycles. The molecule has 0 bridgehead atoms. The second kappa shape index (κ2) is 7.66. The third-order valence-electron chi connectivity index (χ3n) is 4.97. The molecule has 2 fully saturated rings. The number of benzene rings is 1. The molecular formula is C18H22F3N3O3. The molecule has 6 nitrogen and oxygen atoms in total. The van der Waals surface area contributed by atoms with E-state index < -0.39 is 24.0 Å². The molecule has 9 heteroatoms. The van der Waals surface area contributed by atoms with Gasteiger partial charge in [0.05, 0.1) is 12.8 Å². The first-order chi connectivity index (χ1) is 12.8. The molecule has 1 unspecified atom stereocenters. The minimum atomic E-state index is -4.99. The molecule has 2 heterocycles. The number of hydrogen-bond donors (Lipinski definition) is 1. The number of hydrogen-bond acceptors (Lipinski definition) is 4. The minimum absolute atomic E-state index is 0.0820. The Bertz CT molecular complexity index is 718. The molecule has 2 saturated heterocycles. The van der Waals surface area contributed by atoms with Crippen molar-refractivity contribution in [2.75, 3.05) is 37.0 Å². The molecule has 1 aromatic rings. The van der Waals surface area contributed by atoms with Gasteiger partial charge >= 0.3 is 12.1 Å². The third kappa shape index (κ3) is 4.12. The van der Waals surface area contributed by atoms with Crippen molar-refractivity contribution in [2.45, 2.75) is 37.9 Å². The number of nitrogens with zero attached hydrogens (tertiary/aromatic N) is 2. The van der Waals surface area contributed by atoms with E-state index in [9.17, 15) is 22.8 Å². The number of halogens is 3. The summed E-state index contributed by atoms with van der Waals surface area (Å²) in [5.41, 5.74) is 1.30. The lowest BCUT2D eigenvalue weighted by Gasteiger charge is -2.25. The van der Waals surface area contributed by atoms with Crippen molar-refractivity contribution in [3.8, 4) is 5.75 Å². The summed E-state index contributed by atoms with van der Waals surface area (Å²) in [6, 6.07) is 4.22. The maximum atomic E-state index is 12.8. The predicted octanol–water partition coefficient (Wildman–Crippen LogP) is 2.79. The van der Waals surface area contributed by atoms with Crippen LogP contribution in [0.3, 0.4) is 0 Å². The Morgan fingerprint density at radius 2 is 1.85 bits per heavy atom. The Balaban J connectivity index is 1.78. The molecular weight excluding hydrogens is 363 g/mol. The lowest BCUT2D eigenvalue weighted by atomic mass is 10.2. The van der Waals surface area contributed by atoms with Gasteiger partial charge in [0.2, 0.25) is 5.91 Å². The zero-order valence-electron chi connectivity index (χ0n) is 15.0. The summed E-state index contributed by atoms with van der Waals surface area (Å²) in [7, 11) is 1.45. The Hall–Kier alpha value is -2.45. The van der Waals surface area contributed by atoms with E-state index in [4.69, 9.17) is 4.74 Å². The normalized spacial score (nSPS) is 20.1. The molecule has 27 heavy (non-hydrogen) atoms. The van der Waals surface area contributed by atoms with Gasteiger partial charge in [0.1, 0.15) is 11.8 Å². The zero-order valence-corrected chi connectivity index (χ0v) is 15.0. The van der Waals surface area contributed by atoms with Crippen LogP contribution in [0.5, 0.6) is 5.75 Å². The van der Waals surface area contributed by atoms with E-state index in [1.54, 1.807) is 12.1 Å². The van der Waals surface area contributed by atoms with Crippen molar-refractivity contribution in [3.63, 3.8) is 0 Å². The van der Waals surface area contributed by atoms with E-state index in [1.807, 2.05) is 6.07 Å². The number of carbonyl (C=O) groups is 2. The van der Waals surface area contributed by atoms with Crippen LogP contribution in [-0.2, 0) is 9.59 Å². The maximum Gasteiger partial charge on any atom is 0.471 e. The summed E-state index contributed by atoms with van der Waals surface area (Å²) >= 11 is 0. The number of likely N-dealkylation sites (tertiary alicyclic amines) is 1. The lowest BCUT2D eigenvalue weighted by molar-refractivity contribution is -0.186. The standard InChI is InChI=1S/C18H22F3N3O3/c1-27-15-7-6-12(23-8-2-3-9-23)11-13(15)22-16(25)14-5-4-10-24(14)17(26)18(19,20)21/h6-7,11,14H,2-5,8-10H2,1H3,(H,22,25). The fraction of sp³-hybridized carbons (Fsp3) is 0.556. The van der Waals surface area contributed by atoms with Gasteiger partial charge in [0, 0.05) is 25.3 Å². The number of carbonyl (C=O) groups excluding carboxylic acids is 2. The van der Waals surface area contributed by atoms with Crippen LogP contribution in [0.2, 0.25) is 0 Å². The number of rotatable bonds is 4. The number of amides is 2. The molecule has 0 aliphatic carbocycles. The average Bonchev–Trinajstić information content (AvgIpc) is 3.31. The van der Waals surface area contributed by atoms with Crippen LogP contribution in [-0.4, -0.2) is 55.7 Å². The lowest BCUT2D eigenvalue weighted by Crippen LogP contribution is -2.48. The van der Waals surface area contributed by atoms with Crippen LogP contribution in [0.1, 0.15) is 25.7 Å². The summed E-state index contributed by atoms with van der Waals surface area (Å²) in [5, 5.41) is 2.65. The number of ether oxygens (including phenoxy) is 1. The highest BCUT2D eigenvalue weighted by atomic mass is 19.4. The van der Waals surface area contributed by atoms with Crippen molar-refractivity contribution >= 4 is 23.2 Å². The first-order valence-corrected chi connectivity index (χ1v) is 8.93. The van der Waals surface area contributed by atoms with Gasteiger partial charge in [0.25, 0.3) is 0 Å². The van der Waals surface area contributed by atoms with Crippen LogP contribution in [0.15, 0.2) is 18.2 Å². The highest BCUT2D eigenvalue weighted by molar-refractivity contribution is 5.99. The smallest absolute Gasteiger partial charge is 0.471 e. The van der Waals surface area contributed by atoms with E-state index in [-0.39, 0.29) is 13.0 Å². The monoisotopic (exact) mass is 385 g/mol. The van der Waals surface area contributed by atoms with Crippen molar-refractivity contribution in [1.82, 2.24) is 4.90 Å². The summed E-state index contributed by atoms with van der Waals surface area (Å²) < 4.78 is 43.5. The van der Waals surface area contributed by atoms with Gasteiger partial charge < -0.3 is 19.9 Å². The molecule has 0 saturated carbocycles. The second-order valence-electron chi connectivity index (χ2n) is 6.72. The van der Waals surface area contributed by atoms with Crippen LogP contribution in [0.25, 0.3) is 0 Å². The van der Waals surface area contributed by atoms with Crippen LogP contribution < -0.4 is 15.0 Å². The topological polar surface area (TPSA) is 61.9 Å². The molecule has 3 rings (SSSR count). The molecule has 148 valence electrons. The Morgan fingerprint density at radius 1 is 1.15 bits per heavy atom. The summed E-state index contributed by atoms with van der Waals surface area (Å²) in [4.78, 5) is 27.0. The molecule has 1 aromatic carbocycles. The van der Waals surface area contributed by atoms with Crippen LogP contribution in [0.4, 0.5) is 24.5 Å². The fourth-order valence-electron chi connectivity index (χ4n) is 3.63. The molecule has 1 N–H and O–H groups in total. The Morgan fingerprint density at radius 3 is 2.48 bits per heavy atom. The van der Waals surface area contributed by atoms with Gasteiger partial charge in [-0.15, -0.1) is 0 Å². The highest BCUT2D eigenvalue weighted by Crippen LogP contribution is 2.32. The van der Waals surface area contributed by atoms with Gasteiger partial charge in [-0.05, 0) is 43.9 Å². The molecule has 2 aliphatic rings. The fourth-order valence-corrected chi connectivity index (χ4v) is 3.63. The maximum absolute atomic E-state index is 12.8. The average molecular weight is 385 g/mol. The van der Waals surface area contributed by atoms with Crippen molar-refractivity contribution in [3.05, 3.63) is 18.2 Å². The quantitative estimate of drug-likeness (QED) is 0.866. The Labute approximate surface area is 155 Å². The molecule has 1 atom stereocenters. The summed E-state index contributed by atoms with van der Waals surface area (Å²) in [6.45, 7) is 1.74. The minimum Gasteiger partial charge on any atom is -0.495 e. The first kappa shape index (κ1) is 19.3. The van der Waals surface area contributed by atoms with Crippen molar-refractivity contribution < 1.29 is 27.5 Å². The highest BCUT2D eigenvalue weighted by Gasteiger charge is 2.47. The molecule has 0 radical (unpaired) electrons. The largest absolute Gasteiger partial charge is 0.495 e. The van der Waals surface area contributed by atoms with Gasteiger partial charge in [-0.25, -0.2) is 0 Å². The Kier molecular flexibility index (Phi) is 5.48. The van der Waals surface area contributed by atoms with E-state index in [0.717, 1.165) is 31.6 Å². The van der Waals surface area contributed by atoms with Gasteiger partial charge in [0.15, 0.2) is 0 Å². The SMILES string of the molecule is COc1ccc(N2CCCC2)cc1NC(=O)C1CCCN1C(=O)C(F)(F)F. The molecule has 0 spiro atoms. The number of nitrogens with one attached hydrogen (secondary N) is 1.